The van der Waals surface area contributed by atoms with Crippen LogP contribution in [0.5, 0.6) is 0 Å². The maximum Gasteiger partial charge on any atom is 0.339 e. The Kier molecular flexibility index (Phi) is 5.95. The van der Waals surface area contributed by atoms with Gasteiger partial charge in [-0.2, -0.15) is 4.31 Å². The summed E-state index contributed by atoms with van der Waals surface area (Å²) < 4.78 is 32.0. The standard InChI is InChI=1S/C18H18Cl2N2O4S/c1-26-18(23)16-12-15(5-6-17(16)20)27(24,25)22-9-7-21(8-10-22)14-4-2-3-13(19)11-14/h2-6,11-12H,7-10H2,1H3. The van der Waals surface area contributed by atoms with E-state index < -0.39 is 16.0 Å². The van der Waals surface area contributed by atoms with Gasteiger partial charge in [0.1, 0.15) is 0 Å². The summed E-state index contributed by atoms with van der Waals surface area (Å²) in [5.41, 5.74) is 0.983. The van der Waals surface area contributed by atoms with Crippen LogP contribution in [0.1, 0.15) is 10.4 Å². The SMILES string of the molecule is COC(=O)c1cc(S(=O)(=O)N2CCN(c3cccc(Cl)c3)CC2)ccc1Cl. The van der Waals surface area contributed by atoms with Crippen LogP contribution in [0, 0.1) is 0 Å². The van der Waals surface area contributed by atoms with E-state index in [-0.39, 0.29) is 15.5 Å². The highest BCUT2D eigenvalue weighted by atomic mass is 35.5. The number of benzene rings is 2. The van der Waals surface area contributed by atoms with Crippen molar-refractivity contribution >= 4 is 44.9 Å². The van der Waals surface area contributed by atoms with Crippen molar-refractivity contribution in [2.24, 2.45) is 0 Å². The molecule has 144 valence electrons. The maximum absolute atomic E-state index is 13.0. The summed E-state index contributed by atoms with van der Waals surface area (Å²) in [6.07, 6.45) is 0. The second kappa shape index (κ2) is 8.06. The van der Waals surface area contributed by atoms with E-state index in [0.29, 0.717) is 31.2 Å². The molecular weight excluding hydrogens is 411 g/mol. The molecule has 1 aliphatic heterocycles. The molecule has 0 saturated carbocycles. The molecule has 0 radical (unpaired) electrons. The van der Waals surface area contributed by atoms with Crippen molar-refractivity contribution in [3.8, 4) is 0 Å². The summed E-state index contributed by atoms with van der Waals surface area (Å²) in [4.78, 5) is 13.9. The molecule has 1 aliphatic rings. The average Bonchev–Trinajstić information content (AvgIpc) is 2.67. The summed E-state index contributed by atoms with van der Waals surface area (Å²) in [6, 6.07) is 11.5. The van der Waals surface area contributed by atoms with Gasteiger partial charge in [-0.15, -0.1) is 0 Å². The average molecular weight is 429 g/mol. The zero-order valence-electron chi connectivity index (χ0n) is 14.6. The molecule has 1 saturated heterocycles. The Bertz CT molecular complexity index is 958. The van der Waals surface area contributed by atoms with Gasteiger partial charge in [0.25, 0.3) is 0 Å². The fourth-order valence-corrected chi connectivity index (χ4v) is 4.77. The predicted molar refractivity (Wildman–Crippen MR) is 105 cm³/mol. The van der Waals surface area contributed by atoms with Crippen LogP contribution in [0.3, 0.4) is 0 Å². The Hall–Kier alpha value is -1.80. The first-order chi connectivity index (χ1) is 12.8. The van der Waals surface area contributed by atoms with Gasteiger partial charge < -0.3 is 9.64 Å². The van der Waals surface area contributed by atoms with Crippen molar-refractivity contribution in [3.63, 3.8) is 0 Å². The van der Waals surface area contributed by atoms with Crippen LogP contribution >= 0.6 is 23.2 Å². The van der Waals surface area contributed by atoms with E-state index in [1.54, 1.807) is 6.07 Å². The largest absolute Gasteiger partial charge is 0.465 e. The molecule has 0 spiro atoms. The molecule has 6 nitrogen and oxygen atoms in total. The van der Waals surface area contributed by atoms with Gasteiger partial charge in [0.05, 0.1) is 22.6 Å². The normalized spacial score (nSPS) is 15.6. The second-order valence-corrected chi connectivity index (χ2v) is 8.79. The number of nitrogens with zero attached hydrogens (tertiary/aromatic N) is 2. The number of methoxy groups -OCH3 is 1. The number of carbonyl (C=O) groups excluding carboxylic acids is 1. The number of anilines is 1. The summed E-state index contributed by atoms with van der Waals surface area (Å²) in [5, 5.41) is 0.783. The molecule has 1 fully saturated rings. The number of esters is 1. The van der Waals surface area contributed by atoms with Crippen LogP contribution in [0.2, 0.25) is 10.0 Å². The Morgan fingerprint density at radius 3 is 2.37 bits per heavy atom. The van der Waals surface area contributed by atoms with Crippen LogP contribution < -0.4 is 4.90 Å². The van der Waals surface area contributed by atoms with E-state index in [1.165, 1.54) is 29.6 Å². The topological polar surface area (TPSA) is 66.9 Å². The van der Waals surface area contributed by atoms with Crippen LogP contribution in [0.4, 0.5) is 5.69 Å². The zero-order chi connectivity index (χ0) is 19.6. The van der Waals surface area contributed by atoms with Crippen molar-refractivity contribution in [1.82, 2.24) is 4.31 Å². The Balaban J connectivity index is 1.78. The lowest BCUT2D eigenvalue weighted by molar-refractivity contribution is 0.0600. The molecule has 2 aromatic rings. The van der Waals surface area contributed by atoms with Crippen LogP contribution in [0.25, 0.3) is 0 Å². The third kappa shape index (κ3) is 4.21. The van der Waals surface area contributed by atoms with Gasteiger partial charge in [0, 0.05) is 36.9 Å². The summed E-state index contributed by atoms with van der Waals surface area (Å²) >= 11 is 12.0. The molecule has 0 bridgehead atoms. The Morgan fingerprint density at radius 2 is 1.74 bits per heavy atom. The number of ether oxygens (including phenoxy) is 1. The highest BCUT2D eigenvalue weighted by Crippen LogP contribution is 2.26. The lowest BCUT2D eigenvalue weighted by atomic mass is 10.2. The molecule has 0 N–H and O–H groups in total. The molecular formula is C18H18Cl2N2O4S. The predicted octanol–water partition coefficient (Wildman–Crippen LogP) is 3.29. The van der Waals surface area contributed by atoms with Gasteiger partial charge in [-0.25, -0.2) is 13.2 Å². The quantitative estimate of drug-likeness (QED) is 0.698. The molecule has 0 aromatic heterocycles. The fraction of sp³-hybridized carbons (Fsp3) is 0.278. The third-order valence-corrected chi connectivity index (χ3v) is 6.85. The molecule has 0 amide bonds. The van der Waals surface area contributed by atoms with Gasteiger partial charge in [0.2, 0.25) is 10.0 Å². The van der Waals surface area contributed by atoms with Crippen LogP contribution in [-0.2, 0) is 14.8 Å². The fourth-order valence-electron chi connectivity index (χ4n) is 2.94. The van der Waals surface area contributed by atoms with E-state index in [0.717, 1.165) is 5.69 Å². The second-order valence-electron chi connectivity index (χ2n) is 6.00. The lowest BCUT2D eigenvalue weighted by Gasteiger charge is -2.35. The summed E-state index contributed by atoms with van der Waals surface area (Å²) in [5.74, 6) is -0.678. The first kappa shape index (κ1) is 19.9. The summed E-state index contributed by atoms with van der Waals surface area (Å²) in [7, 11) is -2.53. The molecule has 0 unspecified atom stereocenters. The summed E-state index contributed by atoms with van der Waals surface area (Å²) in [6.45, 7) is 1.73. The van der Waals surface area contributed by atoms with Gasteiger partial charge in [-0.1, -0.05) is 29.3 Å². The molecule has 0 atom stereocenters. The minimum absolute atomic E-state index is 0.0171. The number of sulfonamides is 1. The van der Waals surface area contributed by atoms with Crippen molar-refractivity contribution in [3.05, 3.63) is 58.1 Å². The van der Waals surface area contributed by atoms with Crippen molar-refractivity contribution in [1.29, 1.82) is 0 Å². The highest BCUT2D eigenvalue weighted by Gasteiger charge is 2.29. The molecule has 0 aliphatic carbocycles. The monoisotopic (exact) mass is 428 g/mol. The van der Waals surface area contributed by atoms with Crippen molar-refractivity contribution in [2.45, 2.75) is 4.90 Å². The maximum atomic E-state index is 13.0. The molecule has 1 heterocycles. The van der Waals surface area contributed by atoms with E-state index in [4.69, 9.17) is 23.2 Å². The smallest absolute Gasteiger partial charge is 0.339 e. The van der Waals surface area contributed by atoms with Crippen LogP contribution in [-0.4, -0.2) is 52.0 Å². The highest BCUT2D eigenvalue weighted by molar-refractivity contribution is 7.89. The molecule has 3 rings (SSSR count). The van der Waals surface area contributed by atoms with E-state index in [9.17, 15) is 13.2 Å². The van der Waals surface area contributed by atoms with E-state index in [1.807, 2.05) is 18.2 Å². The number of hydrogen-bond donors (Lipinski definition) is 0. The van der Waals surface area contributed by atoms with Crippen molar-refractivity contribution in [2.75, 3.05) is 38.2 Å². The molecule has 2 aromatic carbocycles. The minimum atomic E-state index is -3.74. The van der Waals surface area contributed by atoms with Gasteiger partial charge >= 0.3 is 5.97 Å². The lowest BCUT2D eigenvalue weighted by Crippen LogP contribution is -2.48. The van der Waals surface area contributed by atoms with Crippen molar-refractivity contribution < 1.29 is 17.9 Å². The van der Waals surface area contributed by atoms with Gasteiger partial charge in [-0.05, 0) is 36.4 Å². The number of piperazine rings is 1. The van der Waals surface area contributed by atoms with Gasteiger partial charge in [-0.3, -0.25) is 0 Å². The van der Waals surface area contributed by atoms with E-state index >= 15 is 0 Å². The van der Waals surface area contributed by atoms with Gasteiger partial charge in [0.15, 0.2) is 0 Å². The first-order valence-electron chi connectivity index (χ1n) is 8.21. The Morgan fingerprint density at radius 1 is 1.04 bits per heavy atom. The van der Waals surface area contributed by atoms with Crippen LogP contribution in [0.15, 0.2) is 47.4 Å². The zero-order valence-corrected chi connectivity index (χ0v) is 16.9. The minimum Gasteiger partial charge on any atom is -0.465 e. The Labute approximate surface area is 168 Å². The number of halogens is 2. The number of rotatable bonds is 4. The molecule has 9 heteroatoms. The third-order valence-electron chi connectivity index (χ3n) is 4.39. The molecule has 27 heavy (non-hydrogen) atoms. The first-order valence-corrected chi connectivity index (χ1v) is 10.4. The number of hydrogen-bond acceptors (Lipinski definition) is 5. The number of carbonyl (C=O) groups is 1. The van der Waals surface area contributed by atoms with E-state index in [2.05, 4.69) is 9.64 Å².